The van der Waals surface area contributed by atoms with E-state index in [1.807, 2.05) is 13.8 Å². The molecule has 0 saturated carbocycles. The number of carboxylic acids is 1. The second-order valence-electron chi connectivity index (χ2n) is 5.71. The lowest BCUT2D eigenvalue weighted by Gasteiger charge is -2.11. The number of benzene rings is 2. The highest BCUT2D eigenvalue weighted by atomic mass is 35.5. The molecule has 5 nitrogen and oxygen atoms in total. The molecule has 1 amide bonds. The van der Waals surface area contributed by atoms with Crippen LogP contribution in [0.15, 0.2) is 36.0 Å². The minimum Gasteiger partial charge on any atom is -0.484 e. The molecule has 0 aliphatic carbocycles. The highest BCUT2D eigenvalue weighted by molar-refractivity contribution is 6.37. The summed E-state index contributed by atoms with van der Waals surface area (Å²) < 4.78 is 5.42. The number of hydrogen-bond acceptors (Lipinski definition) is 3. The van der Waals surface area contributed by atoms with Crippen LogP contribution in [0.3, 0.4) is 0 Å². The number of amides is 1. The first-order valence-electron chi connectivity index (χ1n) is 7.77. The van der Waals surface area contributed by atoms with Crippen molar-refractivity contribution >= 4 is 52.8 Å². The molecule has 0 saturated heterocycles. The van der Waals surface area contributed by atoms with Crippen molar-refractivity contribution in [2.24, 2.45) is 0 Å². The van der Waals surface area contributed by atoms with Crippen molar-refractivity contribution in [3.63, 3.8) is 0 Å². The van der Waals surface area contributed by atoms with Gasteiger partial charge in [0.25, 0.3) is 5.91 Å². The standard InChI is InChI=1S/C19H16Cl3NO4/c1-10-6-12(7-11(2)18(10)22)27-9-17(24)23-16(19(25)26)8-13-14(20)4-3-5-15(13)21/h3-8H,9H2,1-2H3,(H,23,24)(H,25,26)/b16-8+. The minimum absolute atomic E-state index is 0.263. The zero-order valence-electron chi connectivity index (χ0n) is 14.5. The van der Waals surface area contributed by atoms with Gasteiger partial charge in [0.1, 0.15) is 11.4 Å². The summed E-state index contributed by atoms with van der Waals surface area (Å²) >= 11 is 18.1. The highest BCUT2D eigenvalue weighted by Crippen LogP contribution is 2.27. The van der Waals surface area contributed by atoms with Gasteiger partial charge >= 0.3 is 5.97 Å². The average Bonchev–Trinajstić information content (AvgIpc) is 2.59. The van der Waals surface area contributed by atoms with E-state index >= 15 is 0 Å². The quantitative estimate of drug-likeness (QED) is 0.643. The molecule has 0 aromatic heterocycles. The van der Waals surface area contributed by atoms with Gasteiger partial charge in [0.15, 0.2) is 6.61 Å². The van der Waals surface area contributed by atoms with Crippen LogP contribution in [0.2, 0.25) is 15.1 Å². The Bertz CT molecular complexity index is 882. The van der Waals surface area contributed by atoms with E-state index in [-0.39, 0.29) is 22.3 Å². The van der Waals surface area contributed by atoms with E-state index in [0.717, 1.165) is 11.1 Å². The molecule has 0 unspecified atom stereocenters. The van der Waals surface area contributed by atoms with Crippen LogP contribution in [0.4, 0.5) is 0 Å². The molecular weight excluding hydrogens is 413 g/mol. The number of carboxylic acid groups (broad SMARTS) is 1. The fourth-order valence-corrected chi connectivity index (χ4v) is 2.88. The van der Waals surface area contributed by atoms with Gasteiger partial charge in [-0.1, -0.05) is 40.9 Å². The van der Waals surface area contributed by atoms with Crippen molar-refractivity contribution in [2.45, 2.75) is 13.8 Å². The number of aliphatic carboxylic acids is 1. The third-order valence-corrected chi connectivity index (χ3v) is 4.83. The molecule has 142 valence electrons. The molecule has 0 aliphatic rings. The van der Waals surface area contributed by atoms with Crippen LogP contribution in [0, 0.1) is 13.8 Å². The maximum atomic E-state index is 12.1. The van der Waals surface area contributed by atoms with Gasteiger partial charge in [0, 0.05) is 20.6 Å². The second kappa shape index (κ2) is 9.13. The number of halogens is 3. The van der Waals surface area contributed by atoms with Gasteiger partial charge in [-0.15, -0.1) is 0 Å². The van der Waals surface area contributed by atoms with Crippen LogP contribution in [-0.4, -0.2) is 23.6 Å². The summed E-state index contributed by atoms with van der Waals surface area (Å²) in [5.74, 6) is -1.52. The van der Waals surface area contributed by atoms with Gasteiger partial charge < -0.3 is 15.2 Å². The molecule has 0 radical (unpaired) electrons. The molecule has 2 rings (SSSR count). The van der Waals surface area contributed by atoms with Gasteiger partial charge in [-0.2, -0.15) is 0 Å². The van der Waals surface area contributed by atoms with Gasteiger partial charge in [-0.05, 0) is 55.3 Å². The van der Waals surface area contributed by atoms with Gasteiger partial charge in [0.2, 0.25) is 0 Å². The van der Waals surface area contributed by atoms with Gasteiger partial charge in [0.05, 0.1) is 0 Å². The summed E-state index contributed by atoms with van der Waals surface area (Å²) in [6.07, 6.45) is 1.20. The summed E-state index contributed by atoms with van der Waals surface area (Å²) in [4.78, 5) is 23.5. The molecule has 0 spiro atoms. The predicted octanol–water partition coefficient (Wildman–Crippen LogP) is 4.88. The Morgan fingerprint density at radius 2 is 1.67 bits per heavy atom. The summed E-state index contributed by atoms with van der Waals surface area (Å²) in [5.41, 5.74) is 1.54. The average molecular weight is 429 g/mol. The van der Waals surface area contributed by atoms with Crippen LogP contribution in [0.1, 0.15) is 16.7 Å². The van der Waals surface area contributed by atoms with Crippen molar-refractivity contribution in [2.75, 3.05) is 6.61 Å². The SMILES string of the molecule is Cc1cc(OCC(=O)N/C(=C/c2c(Cl)cccc2Cl)C(=O)O)cc(C)c1Cl. The first-order chi connectivity index (χ1) is 12.7. The molecule has 0 atom stereocenters. The van der Waals surface area contributed by atoms with E-state index in [2.05, 4.69) is 5.32 Å². The molecule has 0 heterocycles. The zero-order valence-corrected chi connectivity index (χ0v) is 16.7. The normalized spacial score (nSPS) is 11.2. The summed E-state index contributed by atoms with van der Waals surface area (Å²) in [7, 11) is 0. The van der Waals surface area contributed by atoms with Crippen molar-refractivity contribution in [3.05, 3.63) is 67.8 Å². The number of carbonyl (C=O) groups is 2. The first kappa shape index (κ1) is 21.1. The molecule has 2 aromatic carbocycles. The number of ether oxygens (including phenoxy) is 1. The topological polar surface area (TPSA) is 75.6 Å². The first-order valence-corrected chi connectivity index (χ1v) is 8.91. The lowest BCUT2D eigenvalue weighted by molar-refractivity contribution is -0.134. The maximum absolute atomic E-state index is 12.1. The number of carbonyl (C=O) groups excluding carboxylic acids is 1. The van der Waals surface area contributed by atoms with E-state index in [9.17, 15) is 14.7 Å². The van der Waals surface area contributed by atoms with E-state index in [4.69, 9.17) is 39.5 Å². The fourth-order valence-electron chi connectivity index (χ4n) is 2.27. The van der Waals surface area contributed by atoms with Crippen LogP contribution >= 0.6 is 34.8 Å². The van der Waals surface area contributed by atoms with E-state index in [1.54, 1.807) is 30.3 Å². The predicted molar refractivity (Wildman–Crippen MR) is 107 cm³/mol. The highest BCUT2D eigenvalue weighted by Gasteiger charge is 2.15. The van der Waals surface area contributed by atoms with Crippen molar-refractivity contribution in [1.29, 1.82) is 0 Å². The van der Waals surface area contributed by atoms with Crippen LogP contribution in [-0.2, 0) is 9.59 Å². The van der Waals surface area contributed by atoms with Crippen LogP contribution in [0.25, 0.3) is 6.08 Å². The Hall–Kier alpha value is -2.21. The van der Waals surface area contributed by atoms with Crippen LogP contribution < -0.4 is 10.1 Å². The molecule has 0 fully saturated rings. The second-order valence-corrected chi connectivity index (χ2v) is 6.90. The Labute approximate surface area is 171 Å². The Kier molecular flexibility index (Phi) is 7.13. The lowest BCUT2D eigenvalue weighted by Crippen LogP contribution is -2.31. The molecule has 27 heavy (non-hydrogen) atoms. The zero-order chi connectivity index (χ0) is 20.1. The van der Waals surface area contributed by atoms with Crippen LogP contribution in [0.5, 0.6) is 5.75 Å². The molecule has 0 bridgehead atoms. The van der Waals surface area contributed by atoms with Gasteiger partial charge in [-0.25, -0.2) is 4.79 Å². The third-order valence-electron chi connectivity index (χ3n) is 3.57. The number of nitrogens with one attached hydrogen (secondary N) is 1. The molecule has 2 N–H and O–H groups in total. The number of aryl methyl sites for hydroxylation is 2. The monoisotopic (exact) mass is 427 g/mol. The fraction of sp³-hybridized carbons (Fsp3) is 0.158. The maximum Gasteiger partial charge on any atom is 0.352 e. The molecule has 0 aliphatic heterocycles. The molecule has 2 aromatic rings. The molecule has 8 heteroatoms. The summed E-state index contributed by atoms with van der Waals surface area (Å²) in [5, 5.41) is 12.8. The largest absolute Gasteiger partial charge is 0.484 e. The van der Waals surface area contributed by atoms with Crippen molar-refractivity contribution < 1.29 is 19.4 Å². The summed E-state index contributed by atoms with van der Waals surface area (Å²) in [6.45, 7) is 3.27. The lowest BCUT2D eigenvalue weighted by atomic mass is 10.1. The van der Waals surface area contributed by atoms with E-state index in [1.165, 1.54) is 6.08 Å². The van der Waals surface area contributed by atoms with Crippen molar-refractivity contribution in [1.82, 2.24) is 5.32 Å². The van der Waals surface area contributed by atoms with Crippen molar-refractivity contribution in [3.8, 4) is 5.75 Å². The third kappa shape index (κ3) is 5.63. The minimum atomic E-state index is -1.34. The Morgan fingerprint density at radius 1 is 1.11 bits per heavy atom. The van der Waals surface area contributed by atoms with Gasteiger partial charge in [-0.3, -0.25) is 4.79 Å². The Balaban J connectivity index is 2.12. The summed E-state index contributed by atoms with van der Waals surface area (Å²) in [6, 6.07) is 8.15. The molecular formula is C19H16Cl3NO4. The van der Waals surface area contributed by atoms with E-state index < -0.39 is 11.9 Å². The Morgan fingerprint density at radius 3 is 2.19 bits per heavy atom. The van der Waals surface area contributed by atoms with E-state index in [0.29, 0.717) is 16.3 Å². The smallest absolute Gasteiger partial charge is 0.352 e. The number of rotatable bonds is 6. The number of hydrogen-bond donors (Lipinski definition) is 2.